The van der Waals surface area contributed by atoms with Gasteiger partial charge in [-0.25, -0.2) is 4.79 Å². The van der Waals surface area contributed by atoms with Crippen molar-refractivity contribution in [1.29, 1.82) is 0 Å². The van der Waals surface area contributed by atoms with Crippen LogP contribution >= 0.6 is 0 Å². The second-order valence-electron chi connectivity index (χ2n) is 8.66. The number of rotatable bonds is 7. The van der Waals surface area contributed by atoms with Crippen LogP contribution in [0.15, 0.2) is 42.5 Å². The molecule has 2 aromatic rings. The molecule has 1 saturated heterocycles. The van der Waals surface area contributed by atoms with Gasteiger partial charge in [0.15, 0.2) is 23.8 Å². The van der Waals surface area contributed by atoms with E-state index in [-0.39, 0.29) is 11.1 Å². The number of ketones is 1. The number of imide groups is 1. The third kappa shape index (κ3) is 5.05. The number of nitro groups is 2. The maximum atomic E-state index is 13.0. The topological polar surface area (TPSA) is 185 Å². The van der Waals surface area contributed by atoms with Gasteiger partial charge in [0, 0.05) is 12.1 Å². The molecule has 192 valence electrons. The summed E-state index contributed by atoms with van der Waals surface area (Å²) >= 11 is 0. The first-order valence-electron chi connectivity index (χ1n) is 10.8. The van der Waals surface area contributed by atoms with Gasteiger partial charge in [0.2, 0.25) is 0 Å². The van der Waals surface area contributed by atoms with Crippen LogP contribution in [0.1, 0.15) is 44.9 Å². The molecule has 0 aromatic heterocycles. The Morgan fingerprint density at radius 2 is 1.59 bits per heavy atom. The van der Waals surface area contributed by atoms with E-state index in [1.165, 1.54) is 26.0 Å². The van der Waals surface area contributed by atoms with Crippen LogP contribution in [0.25, 0.3) is 0 Å². The molecule has 14 nitrogen and oxygen atoms in total. The summed E-state index contributed by atoms with van der Waals surface area (Å²) in [5, 5.41) is 22.4. The number of carbonyl (C=O) groups is 4. The molecular weight excluding hydrogens is 494 g/mol. The Hall–Kier alpha value is -4.56. The summed E-state index contributed by atoms with van der Waals surface area (Å²) < 4.78 is 16.4. The summed E-state index contributed by atoms with van der Waals surface area (Å²) in [6.07, 6.45) is -3.05. The standard InChI is InChI=1S/C23H19N3O11/c1-23(2)35-11-17(27)19(37-23)18(10-24-20(28)15-5-3-4-6-16(15)21(24)29)36-22(30)12-7-13(25(31)32)9-14(8-12)26(33)34/h3-9,18-19H,10-11H2,1-2H3/t18-,19+/m0/s1. The zero-order valence-corrected chi connectivity index (χ0v) is 19.4. The fourth-order valence-electron chi connectivity index (χ4n) is 3.92. The molecule has 2 atom stereocenters. The lowest BCUT2D eigenvalue weighted by Crippen LogP contribution is -2.55. The lowest BCUT2D eigenvalue weighted by molar-refractivity contribution is -0.394. The second kappa shape index (κ2) is 9.48. The summed E-state index contributed by atoms with van der Waals surface area (Å²) in [7, 11) is 0. The molecule has 4 rings (SSSR count). The van der Waals surface area contributed by atoms with Crippen LogP contribution in [0.3, 0.4) is 0 Å². The Morgan fingerprint density at radius 3 is 2.11 bits per heavy atom. The van der Waals surface area contributed by atoms with Crippen molar-refractivity contribution < 1.29 is 43.2 Å². The molecule has 1 fully saturated rings. The van der Waals surface area contributed by atoms with E-state index in [1.807, 2.05) is 0 Å². The number of carbonyl (C=O) groups excluding carboxylic acids is 4. The number of nitro benzene ring substituents is 2. The van der Waals surface area contributed by atoms with Gasteiger partial charge in [0.25, 0.3) is 23.2 Å². The molecule has 0 radical (unpaired) electrons. The number of hydrogen-bond donors (Lipinski definition) is 0. The van der Waals surface area contributed by atoms with Crippen LogP contribution in [-0.4, -0.2) is 69.5 Å². The third-order valence-electron chi connectivity index (χ3n) is 5.69. The van der Waals surface area contributed by atoms with E-state index in [0.717, 1.165) is 17.0 Å². The highest BCUT2D eigenvalue weighted by molar-refractivity contribution is 6.21. The van der Waals surface area contributed by atoms with Gasteiger partial charge in [-0.3, -0.25) is 39.5 Å². The van der Waals surface area contributed by atoms with E-state index in [9.17, 15) is 39.4 Å². The number of fused-ring (bicyclic) bond motifs is 1. The minimum atomic E-state index is -1.57. The van der Waals surface area contributed by atoms with Crippen molar-refractivity contribution in [1.82, 2.24) is 4.90 Å². The summed E-state index contributed by atoms with van der Waals surface area (Å²) in [4.78, 5) is 72.9. The number of ether oxygens (including phenoxy) is 3. The molecule has 2 heterocycles. The van der Waals surface area contributed by atoms with E-state index in [4.69, 9.17) is 14.2 Å². The maximum Gasteiger partial charge on any atom is 0.339 e. The van der Waals surface area contributed by atoms with Crippen molar-refractivity contribution in [3.8, 4) is 0 Å². The van der Waals surface area contributed by atoms with Gasteiger partial charge < -0.3 is 14.2 Å². The van der Waals surface area contributed by atoms with Gasteiger partial charge in [-0.05, 0) is 26.0 Å². The SMILES string of the molecule is CC1(C)OCC(=O)[C@H]([C@H](CN2C(=O)c3ccccc3C2=O)OC(=O)c2cc([N+](=O)[O-])cc([N+](=O)[O-])c2)O1. The van der Waals surface area contributed by atoms with E-state index in [2.05, 4.69) is 0 Å². The molecule has 0 saturated carbocycles. The Kier molecular flexibility index (Phi) is 6.54. The van der Waals surface area contributed by atoms with Gasteiger partial charge in [-0.1, -0.05) is 12.1 Å². The molecule has 37 heavy (non-hydrogen) atoms. The first-order valence-corrected chi connectivity index (χ1v) is 10.8. The van der Waals surface area contributed by atoms with Crippen molar-refractivity contribution in [2.45, 2.75) is 31.8 Å². The van der Waals surface area contributed by atoms with Crippen LogP contribution in [-0.2, 0) is 19.0 Å². The average molecular weight is 513 g/mol. The number of Topliss-reactive ketones (excluding diaryl/α,β-unsaturated/α-hetero) is 1. The molecule has 0 unspecified atom stereocenters. The number of benzene rings is 2. The van der Waals surface area contributed by atoms with Crippen molar-refractivity contribution >= 4 is 34.9 Å². The zero-order chi connectivity index (χ0) is 27.1. The van der Waals surface area contributed by atoms with Gasteiger partial charge in [0.1, 0.15) is 6.61 Å². The van der Waals surface area contributed by atoms with Gasteiger partial charge in [-0.2, -0.15) is 0 Å². The van der Waals surface area contributed by atoms with Crippen molar-refractivity contribution in [2.24, 2.45) is 0 Å². The Bertz CT molecular complexity index is 1290. The van der Waals surface area contributed by atoms with Gasteiger partial charge >= 0.3 is 5.97 Å². The largest absolute Gasteiger partial charge is 0.454 e. The molecule has 2 amide bonds. The molecule has 0 bridgehead atoms. The van der Waals surface area contributed by atoms with Gasteiger partial charge in [-0.15, -0.1) is 0 Å². The minimum Gasteiger partial charge on any atom is -0.454 e. The first kappa shape index (κ1) is 25.5. The molecule has 2 aromatic carbocycles. The molecule has 14 heteroatoms. The van der Waals surface area contributed by atoms with Crippen LogP contribution in [0.4, 0.5) is 11.4 Å². The van der Waals surface area contributed by atoms with E-state index >= 15 is 0 Å². The lowest BCUT2D eigenvalue weighted by Gasteiger charge is -2.38. The Morgan fingerprint density at radius 1 is 1.05 bits per heavy atom. The molecule has 2 aliphatic heterocycles. The summed E-state index contributed by atoms with van der Waals surface area (Å²) in [5.41, 5.74) is -1.79. The predicted molar refractivity (Wildman–Crippen MR) is 121 cm³/mol. The summed E-state index contributed by atoms with van der Waals surface area (Å²) in [6, 6.07) is 8.22. The predicted octanol–water partition coefficient (Wildman–Crippen LogP) is 2.05. The highest BCUT2D eigenvalue weighted by Crippen LogP contribution is 2.29. The smallest absolute Gasteiger partial charge is 0.339 e. The summed E-state index contributed by atoms with van der Waals surface area (Å²) in [6.45, 7) is 1.98. The Balaban J connectivity index is 1.68. The number of nitrogens with zero attached hydrogens (tertiary/aromatic N) is 3. The fraction of sp³-hybridized carbons (Fsp3) is 0.304. The lowest BCUT2D eigenvalue weighted by atomic mass is 10.1. The van der Waals surface area contributed by atoms with E-state index in [0.29, 0.717) is 6.07 Å². The summed E-state index contributed by atoms with van der Waals surface area (Å²) in [5.74, 6) is -4.60. The van der Waals surface area contributed by atoms with Crippen molar-refractivity contribution in [3.63, 3.8) is 0 Å². The highest BCUT2D eigenvalue weighted by Gasteiger charge is 2.45. The fourth-order valence-corrected chi connectivity index (χ4v) is 3.92. The molecule has 0 N–H and O–H groups in total. The molecule has 0 aliphatic carbocycles. The minimum absolute atomic E-state index is 0.117. The number of esters is 1. The van der Waals surface area contributed by atoms with Crippen LogP contribution in [0.2, 0.25) is 0 Å². The number of non-ortho nitro benzene ring substituents is 2. The molecule has 2 aliphatic rings. The Labute approximate surface area is 208 Å². The van der Waals surface area contributed by atoms with E-state index in [1.54, 1.807) is 12.1 Å². The number of hydrogen-bond acceptors (Lipinski definition) is 11. The van der Waals surface area contributed by atoms with Crippen LogP contribution in [0.5, 0.6) is 0 Å². The molecule has 0 spiro atoms. The quantitative estimate of drug-likeness (QED) is 0.228. The first-order chi connectivity index (χ1) is 17.4. The van der Waals surface area contributed by atoms with Crippen LogP contribution in [0, 0.1) is 20.2 Å². The van der Waals surface area contributed by atoms with Crippen molar-refractivity contribution in [3.05, 3.63) is 79.4 Å². The van der Waals surface area contributed by atoms with Crippen LogP contribution < -0.4 is 0 Å². The van der Waals surface area contributed by atoms with E-state index < -0.39 is 81.5 Å². The second-order valence-corrected chi connectivity index (χ2v) is 8.66. The monoisotopic (exact) mass is 513 g/mol. The zero-order valence-electron chi connectivity index (χ0n) is 19.4. The van der Waals surface area contributed by atoms with Gasteiger partial charge in [0.05, 0.1) is 39.1 Å². The third-order valence-corrected chi connectivity index (χ3v) is 5.69. The number of amides is 2. The molecular formula is C23H19N3O11. The highest BCUT2D eigenvalue weighted by atomic mass is 16.7. The average Bonchev–Trinajstić information content (AvgIpc) is 3.09. The van der Waals surface area contributed by atoms with Crippen molar-refractivity contribution in [2.75, 3.05) is 13.2 Å². The maximum absolute atomic E-state index is 13.0. The normalized spacial score (nSPS) is 19.4.